The molecule has 0 bridgehead atoms. The van der Waals surface area contributed by atoms with Crippen LogP contribution in [0.5, 0.6) is 0 Å². The number of methoxy groups -OCH3 is 1. The minimum Gasteiger partial charge on any atom is -0.380 e. The fourth-order valence-corrected chi connectivity index (χ4v) is 5.15. The number of pyridine rings is 1. The second-order valence-corrected chi connectivity index (χ2v) is 10.1. The second kappa shape index (κ2) is 9.02. The minimum atomic E-state index is -3.43. The van der Waals surface area contributed by atoms with Gasteiger partial charge in [0.05, 0.1) is 35.4 Å². The molecule has 0 saturated carbocycles. The van der Waals surface area contributed by atoms with Crippen molar-refractivity contribution in [3.05, 3.63) is 48.2 Å². The molecule has 4 N–H and O–H groups in total. The first-order chi connectivity index (χ1) is 15.3. The molecule has 10 nitrogen and oxygen atoms in total. The normalized spacial score (nSPS) is 25.5. The van der Waals surface area contributed by atoms with Crippen LogP contribution in [0.4, 0.5) is 11.5 Å². The van der Waals surface area contributed by atoms with E-state index in [4.69, 9.17) is 4.74 Å². The molecule has 2 saturated heterocycles. The Morgan fingerprint density at radius 1 is 1.25 bits per heavy atom. The highest BCUT2D eigenvalue weighted by Crippen LogP contribution is 2.31. The molecule has 0 aliphatic carbocycles. The number of anilines is 2. The van der Waals surface area contributed by atoms with Gasteiger partial charge < -0.3 is 15.4 Å². The van der Waals surface area contributed by atoms with Gasteiger partial charge in [-0.3, -0.25) is 15.1 Å². The van der Waals surface area contributed by atoms with Gasteiger partial charge in [-0.25, -0.2) is 18.8 Å². The lowest BCUT2D eigenvalue weighted by Gasteiger charge is -2.39. The monoisotopic (exact) mass is 460 g/mol. The lowest BCUT2D eigenvalue weighted by molar-refractivity contribution is -0.131. The van der Waals surface area contributed by atoms with Gasteiger partial charge in [-0.05, 0) is 29.8 Å². The van der Waals surface area contributed by atoms with Crippen LogP contribution < -0.4 is 21.4 Å². The number of carbonyl (C=O) groups is 1. The van der Waals surface area contributed by atoms with E-state index < -0.39 is 15.8 Å². The largest absolute Gasteiger partial charge is 0.380 e. The molecule has 0 radical (unpaired) electrons. The molecule has 1 aromatic carbocycles. The number of benzene rings is 1. The van der Waals surface area contributed by atoms with Crippen molar-refractivity contribution in [3.63, 3.8) is 0 Å². The van der Waals surface area contributed by atoms with Gasteiger partial charge in [-0.1, -0.05) is 12.1 Å². The predicted octanol–water partition coefficient (Wildman–Crippen LogP) is 0.762. The number of rotatable bonds is 7. The van der Waals surface area contributed by atoms with E-state index in [2.05, 4.69) is 26.4 Å². The average molecular weight is 461 g/mol. The van der Waals surface area contributed by atoms with Gasteiger partial charge in [-0.2, -0.15) is 0 Å². The van der Waals surface area contributed by atoms with Gasteiger partial charge in [0.2, 0.25) is 5.91 Å². The summed E-state index contributed by atoms with van der Waals surface area (Å²) in [7, 11) is -0.108. The number of carbonyl (C=O) groups excluding carboxylic acids is 1. The molecule has 2 aliphatic heterocycles. The zero-order valence-corrected chi connectivity index (χ0v) is 19.0. The number of piperidine rings is 1. The first-order valence-electron chi connectivity index (χ1n) is 10.3. The van der Waals surface area contributed by atoms with E-state index in [9.17, 15) is 13.2 Å². The summed E-state index contributed by atoms with van der Waals surface area (Å²) in [6.45, 7) is 0.479. The van der Waals surface area contributed by atoms with E-state index in [-0.39, 0.29) is 29.2 Å². The van der Waals surface area contributed by atoms with Crippen molar-refractivity contribution in [2.24, 2.45) is 5.92 Å². The summed E-state index contributed by atoms with van der Waals surface area (Å²) in [4.78, 5) is 17.4. The van der Waals surface area contributed by atoms with Gasteiger partial charge in [0.1, 0.15) is 5.82 Å². The molecule has 0 spiro atoms. The fraction of sp³-hybridized carbons (Fsp3) is 0.429. The van der Waals surface area contributed by atoms with Crippen molar-refractivity contribution in [1.29, 1.82) is 0 Å². The zero-order chi connectivity index (χ0) is 22.9. The summed E-state index contributed by atoms with van der Waals surface area (Å²) < 4.78 is 29.7. The topological polar surface area (TPSA) is 125 Å². The maximum absolute atomic E-state index is 12.8. The van der Waals surface area contributed by atoms with E-state index in [1.165, 1.54) is 11.3 Å². The average Bonchev–Trinajstić information content (AvgIpc) is 3.02. The van der Waals surface area contributed by atoms with Crippen molar-refractivity contribution in [1.82, 2.24) is 20.7 Å². The van der Waals surface area contributed by atoms with Crippen molar-refractivity contribution in [2.45, 2.75) is 36.3 Å². The number of aromatic nitrogens is 1. The standard InChI is InChI=1S/C21H28N6O4S/c1-27-21(28)19-15(23-14-6-4-5-7-16(14)32(3,29)30)11-18(25-20(19)26-27)24-17-10-13(12-31-2)8-9-22-17/h4-10,15,18-20,23,25-26H,11-12H2,1-3H3,(H,22,24). The third kappa shape index (κ3) is 4.70. The van der Waals surface area contributed by atoms with Crippen LogP contribution in [0.3, 0.4) is 0 Å². The Morgan fingerprint density at radius 2 is 2.03 bits per heavy atom. The van der Waals surface area contributed by atoms with Crippen LogP contribution in [-0.2, 0) is 26.0 Å². The van der Waals surface area contributed by atoms with E-state index in [0.29, 0.717) is 24.5 Å². The van der Waals surface area contributed by atoms with Crippen LogP contribution in [0.1, 0.15) is 12.0 Å². The van der Waals surface area contributed by atoms with Crippen LogP contribution in [0.2, 0.25) is 0 Å². The van der Waals surface area contributed by atoms with Crippen LogP contribution >= 0.6 is 0 Å². The van der Waals surface area contributed by atoms with Gasteiger partial charge in [0, 0.05) is 39.1 Å². The SMILES string of the molecule is COCc1ccnc(NC2CC(Nc3ccccc3S(C)(=O)=O)C3C(=O)N(C)NC3N2)c1. The molecular weight excluding hydrogens is 432 g/mol. The summed E-state index contributed by atoms with van der Waals surface area (Å²) in [5.41, 5.74) is 4.63. The van der Waals surface area contributed by atoms with Crippen molar-refractivity contribution in [3.8, 4) is 0 Å². The number of nitrogens with one attached hydrogen (secondary N) is 4. The molecule has 1 aromatic heterocycles. The highest BCUT2D eigenvalue weighted by atomic mass is 32.2. The van der Waals surface area contributed by atoms with Crippen LogP contribution in [0.25, 0.3) is 0 Å². The first-order valence-corrected chi connectivity index (χ1v) is 12.2. The maximum atomic E-state index is 12.8. The van der Waals surface area contributed by atoms with Gasteiger partial charge >= 0.3 is 0 Å². The van der Waals surface area contributed by atoms with Crippen LogP contribution in [0, 0.1) is 5.92 Å². The van der Waals surface area contributed by atoms with Crippen molar-refractivity contribution >= 4 is 27.2 Å². The fourth-order valence-electron chi connectivity index (χ4n) is 4.30. The van der Waals surface area contributed by atoms with Gasteiger partial charge in [-0.15, -0.1) is 0 Å². The van der Waals surface area contributed by atoms with E-state index in [1.54, 1.807) is 44.6 Å². The molecular formula is C21H28N6O4S. The molecule has 4 rings (SSSR count). The van der Waals surface area contributed by atoms with E-state index >= 15 is 0 Å². The molecule has 4 unspecified atom stereocenters. The second-order valence-electron chi connectivity index (χ2n) is 8.13. The van der Waals surface area contributed by atoms with E-state index in [1.807, 2.05) is 12.1 Å². The molecule has 3 heterocycles. The molecule has 2 aromatic rings. The Morgan fingerprint density at radius 3 is 2.78 bits per heavy atom. The number of ether oxygens (including phenoxy) is 1. The molecule has 1 amide bonds. The van der Waals surface area contributed by atoms with Gasteiger partial charge in [0.15, 0.2) is 9.84 Å². The third-order valence-corrected chi connectivity index (χ3v) is 6.85. The van der Waals surface area contributed by atoms with Crippen LogP contribution in [0.15, 0.2) is 47.5 Å². The number of para-hydroxylation sites is 1. The Bertz CT molecular complexity index is 1100. The van der Waals surface area contributed by atoms with Crippen molar-refractivity contribution in [2.75, 3.05) is 31.0 Å². The third-order valence-electron chi connectivity index (χ3n) is 5.70. The smallest absolute Gasteiger partial charge is 0.244 e. The molecule has 32 heavy (non-hydrogen) atoms. The number of hydrogen-bond donors (Lipinski definition) is 4. The summed E-state index contributed by atoms with van der Waals surface area (Å²) in [6.07, 6.45) is 2.89. The van der Waals surface area contributed by atoms with Crippen molar-refractivity contribution < 1.29 is 17.9 Å². The highest BCUT2D eigenvalue weighted by molar-refractivity contribution is 7.90. The van der Waals surface area contributed by atoms with E-state index in [0.717, 1.165) is 5.56 Å². The maximum Gasteiger partial charge on any atom is 0.244 e. The zero-order valence-electron chi connectivity index (χ0n) is 18.2. The number of hydrazine groups is 1. The summed E-state index contributed by atoms with van der Waals surface area (Å²) in [5, 5.41) is 11.6. The lowest BCUT2D eigenvalue weighted by atomic mass is 9.88. The molecule has 2 fully saturated rings. The number of sulfone groups is 1. The quantitative estimate of drug-likeness (QED) is 0.474. The predicted molar refractivity (Wildman–Crippen MR) is 120 cm³/mol. The lowest BCUT2D eigenvalue weighted by Crippen LogP contribution is -2.61. The summed E-state index contributed by atoms with van der Waals surface area (Å²) in [5.74, 6) is 0.220. The highest BCUT2D eigenvalue weighted by Gasteiger charge is 2.48. The molecule has 4 atom stereocenters. The number of hydrogen-bond acceptors (Lipinski definition) is 9. The molecule has 2 aliphatic rings. The summed E-state index contributed by atoms with van der Waals surface area (Å²) in [6, 6.07) is 10.2. The Labute approximate surface area is 187 Å². The Balaban J connectivity index is 1.59. The number of amides is 1. The summed E-state index contributed by atoms with van der Waals surface area (Å²) >= 11 is 0. The van der Waals surface area contributed by atoms with Gasteiger partial charge in [0.25, 0.3) is 0 Å². The molecule has 172 valence electrons. The Kier molecular flexibility index (Phi) is 6.33. The number of fused-ring (bicyclic) bond motifs is 1. The Hall–Kier alpha value is -2.73. The molecule has 11 heteroatoms. The minimum absolute atomic E-state index is 0.0597. The van der Waals surface area contributed by atoms with Crippen LogP contribution in [-0.4, -0.2) is 63.1 Å². The first kappa shape index (κ1) is 22.5. The number of nitrogens with zero attached hydrogens (tertiary/aromatic N) is 2.